The Hall–Kier alpha value is -3.36. The lowest BCUT2D eigenvalue weighted by Gasteiger charge is -2.24. The van der Waals surface area contributed by atoms with E-state index < -0.39 is 15.9 Å². The van der Waals surface area contributed by atoms with Gasteiger partial charge >= 0.3 is 0 Å². The number of carbonyl (C=O) groups excluding carboxylic acids is 1. The predicted molar refractivity (Wildman–Crippen MR) is 136 cm³/mol. The van der Waals surface area contributed by atoms with Crippen molar-refractivity contribution in [2.75, 3.05) is 34.2 Å². The minimum Gasteiger partial charge on any atom is -0.357 e. The minimum atomic E-state index is -4.00. The van der Waals surface area contributed by atoms with Gasteiger partial charge in [-0.25, -0.2) is 13.4 Å². The zero-order chi connectivity index (χ0) is 24.1. The van der Waals surface area contributed by atoms with Gasteiger partial charge in [0.2, 0.25) is 0 Å². The summed E-state index contributed by atoms with van der Waals surface area (Å²) in [4.78, 5) is 19.5. The Morgan fingerprint density at radius 2 is 1.88 bits per heavy atom. The lowest BCUT2D eigenvalue weighted by Crippen LogP contribution is -2.31. The van der Waals surface area contributed by atoms with Gasteiger partial charge < -0.3 is 10.2 Å². The van der Waals surface area contributed by atoms with Crippen LogP contribution in [0.15, 0.2) is 84.4 Å². The normalized spacial score (nSPS) is 13.5. The summed E-state index contributed by atoms with van der Waals surface area (Å²) < 4.78 is 28.1. The van der Waals surface area contributed by atoms with E-state index in [1.807, 2.05) is 6.07 Å². The molecule has 2 aromatic carbocycles. The van der Waals surface area contributed by atoms with Gasteiger partial charge in [0.1, 0.15) is 5.82 Å². The van der Waals surface area contributed by atoms with Crippen LogP contribution in [0.4, 0.5) is 17.2 Å². The molecule has 1 fully saturated rings. The van der Waals surface area contributed by atoms with E-state index in [0.717, 1.165) is 31.7 Å². The van der Waals surface area contributed by atoms with Crippen molar-refractivity contribution in [1.82, 2.24) is 4.98 Å². The van der Waals surface area contributed by atoms with Crippen LogP contribution < -0.4 is 14.5 Å². The first-order valence-corrected chi connectivity index (χ1v) is 12.7. The summed E-state index contributed by atoms with van der Waals surface area (Å²) >= 11 is 6.26. The highest BCUT2D eigenvalue weighted by Crippen LogP contribution is 2.30. The SMILES string of the molecule is C=CCN(c1ccccc1Cl)S(=O)(=O)c1cccc(C(=O)Nc2ccc(N3CCCC3)nc2)c1. The number of pyridine rings is 1. The van der Waals surface area contributed by atoms with Crippen molar-refractivity contribution < 1.29 is 13.2 Å². The molecule has 7 nitrogen and oxygen atoms in total. The van der Waals surface area contributed by atoms with E-state index >= 15 is 0 Å². The Morgan fingerprint density at radius 1 is 1.12 bits per heavy atom. The summed E-state index contributed by atoms with van der Waals surface area (Å²) in [5.41, 5.74) is 1.08. The number of benzene rings is 2. The Labute approximate surface area is 204 Å². The fourth-order valence-corrected chi connectivity index (χ4v) is 5.61. The molecular formula is C25H25ClN4O3S. The van der Waals surface area contributed by atoms with Gasteiger partial charge in [-0.05, 0) is 55.3 Å². The number of aromatic nitrogens is 1. The fourth-order valence-electron chi connectivity index (χ4n) is 3.82. The van der Waals surface area contributed by atoms with E-state index in [-0.39, 0.29) is 17.0 Å². The second kappa shape index (κ2) is 10.3. The molecule has 0 unspecified atom stereocenters. The summed E-state index contributed by atoms with van der Waals surface area (Å²) in [6, 6.07) is 16.2. The van der Waals surface area contributed by atoms with E-state index in [2.05, 4.69) is 21.8 Å². The number of carbonyl (C=O) groups is 1. The topological polar surface area (TPSA) is 82.6 Å². The maximum Gasteiger partial charge on any atom is 0.264 e. The van der Waals surface area contributed by atoms with Gasteiger partial charge in [0.15, 0.2) is 0 Å². The van der Waals surface area contributed by atoms with Crippen molar-refractivity contribution in [2.24, 2.45) is 0 Å². The average molecular weight is 497 g/mol. The molecule has 1 aromatic heterocycles. The molecule has 4 rings (SSSR count). The van der Waals surface area contributed by atoms with Crippen LogP contribution in [-0.4, -0.2) is 38.9 Å². The molecule has 3 aromatic rings. The number of anilines is 3. The first kappa shape index (κ1) is 23.8. The number of nitrogens with zero attached hydrogens (tertiary/aromatic N) is 3. The first-order valence-electron chi connectivity index (χ1n) is 10.9. The Kier molecular flexibility index (Phi) is 7.19. The van der Waals surface area contributed by atoms with Crippen molar-refractivity contribution in [1.29, 1.82) is 0 Å². The van der Waals surface area contributed by atoms with Crippen molar-refractivity contribution in [3.63, 3.8) is 0 Å². The van der Waals surface area contributed by atoms with Crippen LogP contribution >= 0.6 is 11.6 Å². The third-order valence-corrected chi connectivity index (χ3v) is 7.63. The van der Waals surface area contributed by atoms with Crippen molar-refractivity contribution >= 4 is 44.7 Å². The zero-order valence-electron chi connectivity index (χ0n) is 18.5. The van der Waals surface area contributed by atoms with E-state index in [1.54, 1.807) is 42.6 Å². The maximum absolute atomic E-state index is 13.4. The molecule has 9 heteroatoms. The van der Waals surface area contributed by atoms with Crippen LogP contribution in [0.25, 0.3) is 0 Å². The fraction of sp³-hybridized carbons (Fsp3) is 0.200. The summed E-state index contributed by atoms with van der Waals surface area (Å²) in [5.74, 6) is 0.450. The van der Waals surface area contributed by atoms with Crippen molar-refractivity contribution in [2.45, 2.75) is 17.7 Å². The Bertz CT molecular complexity index is 1290. The number of rotatable bonds is 8. The van der Waals surface area contributed by atoms with Gasteiger partial charge in [-0.15, -0.1) is 6.58 Å². The predicted octanol–water partition coefficient (Wildman–Crippen LogP) is 4.97. The molecule has 2 heterocycles. The van der Waals surface area contributed by atoms with Crippen LogP contribution in [0.3, 0.4) is 0 Å². The third-order valence-electron chi connectivity index (χ3n) is 5.54. The van der Waals surface area contributed by atoms with Crippen LogP contribution in [0.5, 0.6) is 0 Å². The van der Waals surface area contributed by atoms with Crippen molar-refractivity contribution in [3.05, 3.63) is 90.1 Å². The molecule has 1 aliphatic rings. The van der Waals surface area contributed by atoms with Crippen molar-refractivity contribution in [3.8, 4) is 0 Å². The molecule has 176 valence electrons. The number of hydrogen-bond acceptors (Lipinski definition) is 5. The summed E-state index contributed by atoms with van der Waals surface area (Å²) in [7, 11) is -4.00. The van der Waals surface area contributed by atoms with Gasteiger partial charge in [0, 0.05) is 18.7 Å². The van der Waals surface area contributed by atoms with Gasteiger partial charge in [0.25, 0.3) is 15.9 Å². The highest BCUT2D eigenvalue weighted by molar-refractivity contribution is 7.92. The maximum atomic E-state index is 13.4. The molecular weight excluding hydrogens is 472 g/mol. The molecule has 0 spiro atoms. The molecule has 1 N–H and O–H groups in total. The number of hydrogen-bond donors (Lipinski definition) is 1. The first-order chi connectivity index (χ1) is 16.4. The lowest BCUT2D eigenvalue weighted by atomic mass is 10.2. The quantitative estimate of drug-likeness (QED) is 0.445. The van der Waals surface area contributed by atoms with E-state index in [1.165, 1.54) is 28.6 Å². The molecule has 0 radical (unpaired) electrons. The largest absolute Gasteiger partial charge is 0.357 e. The van der Waals surface area contributed by atoms with E-state index in [9.17, 15) is 13.2 Å². The second-order valence-corrected chi connectivity index (χ2v) is 10.1. The van der Waals surface area contributed by atoms with Gasteiger partial charge in [0.05, 0.1) is 34.0 Å². The van der Waals surface area contributed by atoms with Crippen LogP contribution in [0, 0.1) is 0 Å². The molecule has 1 saturated heterocycles. The molecule has 1 amide bonds. The van der Waals surface area contributed by atoms with Gasteiger partial charge in [-0.2, -0.15) is 0 Å². The molecule has 1 aliphatic heterocycles. The van der Waals surface area contributed by atoms with Crippen LogP contribution in [0.1, 0.15) is 23.2 Å². The Morgan fingerprint density at radius 3 is 2.56 bits per heavy atom. The van der Waals surface area contributed by atoms with Crippen LogP contribution in [0.2, 0.25) is 5.02 Å². The Balaban J connectivity index is 1.56. The average Bonchev–Trinajstić information content (AvgIpc) is 3.39. The standard InChI is InChI=1S/C25H25ClN4O3S/c1-2-14-30(23-11-4-3-10-22(23)26)34(32,33)21-9-7-8-19(17-21)25(31)28-20-12-13-24(27-18-20)29-15-5-6-16-29/h2-4,7-13,17-18H,1,5-6,14-16H2,(H,28,31). The molecule has 34 heavy (non-hydrogen) atoms. The molecule has 0 bridgehead atoms. The number of amides is 1. The summed E-state index contributed by atoms with van der Waals surface area (Å²) in [6.07, 6.45) is 5.39. The summed E-state index contributed by atoms with van der Waals surface area (Å²) in [5, 5.41) is 3.08. The van der Waals surface area contributed by atoms with E-state index in [4.69, 9.17) is 11.6 Å². The number of sulfonamides is 1. The molecule has 0 aliphatic carbocycles. The number of nitrogens with one attached hydrogen (secondary N) is 1. The number of halogens is 1. The third kappa shape index (κ3) is 5.08. The number of para-hydroxylation sites is 1. The molecule has 0 atom stereocenters. The lowest BCUT2D eigenvalue weighted by molar-refractivity contribution is 0.102. The minimum absolute atomic E-state index is 0.0237. The van der Waals surface area contributed by atoms with Gasteiger partial charge in [-0.1, -0.05) is 35.9 Å². The zero-order valence-corrected chi connectivity index (χ0v) is 20.1. The van der Waals surface area contributed by atoms with E-state index in [0.29, 0.717) is 16.4 Å². The smallest absolute Gasteiger partial charge is 0.264 e. The highest BCUT2D eigenvalue weighted by atomic mass is 35.5. The monoisotopic (exact) mass is 496 g/mol. The second-order valence-electron chi connectivity index (χ2n) is 7.86. The summed E-state index contributed by atoms with van der Waals surface area (Å²) in [6.45, 7) is 5.66. The molecule has 0 saturated carbocycles. The van der Waals surface area contributed by atoms with Crippen LogP contribution in [-0.2, 0) is 10.0 Å². The highest BCUT2D eigenvalue weighted by Gasteiger charge is 2.26. The van der Waals surface area contributed by atoms with Gasteiger partial charge in [-0.3, -0.25) is 9.10 Å².